The van der Waals surface area contributed by atoms with E-state index in [2.05, 4.69) is 5.32 Å². The third-order valence-corrected chi connectivity index (χ3v) is 3.41. The van der Waals surface area contributed by atoms with Gasteiger partial charge in [-0.2, -0.15) is 0 Å². The molecule has 0 aromatic rings. The fraction of sp³-hybridized carbons (Fsp3) is 0.769. The Morgan fingerprint density at radius 1 is 1.21 bits per heavy atom. The van der Waals surface area contributed by atoms with Crippen molar-refractivity contribution in [1.29, 1.82) is 0 Å². The van der Waals surface area contributed by atoms with E-state index in [9.17, 15) is 14.4 Å². The van der Waals surface area contributed by atoms with Gasteiger partial charge in [-0.15, -0.1) is 0 Å². The molecule has 108 valence electrons. The third kappa shape index (κ3) is 5.28. The monoisotopic (exact) mass is 270 g/mol. The van der Waals surface area contributed by atoms with E-state index in [0.717, 1.165) is 25.7 Å². The van der Waals surface area contributed by atoms with Crippen LogP contribution in [0.25, 0.3) is 0 Å². The van der Waals surface area contributed by atoms with Crippen LogP contribution in [0.2, 0.25) is 0 Å². The summed E-state index contributed by atoms with van der Waals surface area (Å²) in [6, 6.07) is -0.119. The van der Waals surface area contributed by atoms with Gasteiger partial charge in [0.15, 0.2) is 0 Å². The van der Waals surface area contributed by atoms with Crippen molar-refractivity contribution in [3.63, 3.8) is 0 Å². The molecule has 2 N–H and O–H groups in total. The van der Waals surface area contributed by atoms with Gasteiger partial charge in [0.2, 0.25) is 5.91 Å². The number of nitrogens with one attached hydrogen (secondary N) is 1. The zero-order valence-electron chi connectivity index (χ0n) is 11.4. The first kappa shape index (κ1) is 15.5. The zero-order chi connectivity index (χ0) is 14.3. The van der Waals surface area contributed by atoms with Crippen molar-refractivity contribution in [3.05, 3.63) is 0 Å². The number of nitrogens with zero attached hydrogens (tertiary/aromatic N) is 1. The minimum Gasteiger partial charge on any atom is -0.481 e. The van der Waals surface area contributed by atoms with Crippen LogP contribution in [0.4, 0.5) is 4.79 Å². The number of hydrogen-bond donors (Lipinski definition) is 2. The number of carbonyl (C=O) groups is 3. The fourth-order valence-electron chi connectivity index (χ4n) is 2.44. The van der Waals surface area contributed by atoms with Crippen LogP contribution >= 0.6 is 0 Å². The first-order valence-electron chi connectivity index (χ1n) is 6.86. The molecule has 0 atom stereocenters. The predicted molar refractivity (Wildman–Crippen MR) is 69.7 cm³/mol. The molecule has 19 heavy (non-hydrogen) atoms. The molecule has 0 aromatic carbocycles. The van der Waals surface area contributed by atoms with Gasteiger partial charge >= 0.3 is 12.0 Å². The number of carbonyl (C=O) groups excluding carboxylic acids is 2. The Morgan fingerprint density at radius 2 is 1.84 bits per heavy atom. The molecule has 1 fully saturated rings. The Balaban J connectivity index is 2.34. The number of imide groups is 1. The van der Waals surface area contributed by atoms with Crippen LogP contribution in [0.15, 0.2) is 0 Å². The molecule has 0 aliphatic heterocycles. The fourth-order valence-corrected chi connectivity index (χ4v) is 2.44. The predicted octanol–water partition coefficient (Wildman–Crippen LogP) is 1.74. The lowest BCUT2D eigenvalue weighted by atomic mass is 10.2. The molecule has 0 radical (unpaired) electrons. The van der Waals surface area contributed by atoms with Gasteiger partial charge in [-0.25, -0.2) is 4.79 Å². The third-order valence-electron chi connectivity index (χ3n) is 3.41. The van der Waals surface area contributed by atoms with Crippen molar-refractivity contribution < 1.29 is 19.5 Å². The van der Waals surface area contributed by atoms with Gasteiger partial charge in [0.05, 0.1) is 0 Å². The molecule has 6 nitrogen and oxygen atoms in total. The Hall–Kier alpha value is -1.59. The maximum absolute atomic E-state index is 11.9. The summed E-state index contributed by atoms with van der Waals surface area (Å²) in [5.74, 6) is -1.33. The maximum atomic E-state index is 11.9. The second-order valence-electron chi connectivity index (χ2n) is 4.82. The number of urea groups is 1. The topological polar surface area (TPSA) is 86.7 Å². The quantitative estimate of drug-likeness (QED) is 0.769. The first-order chi connectivity index (χ1) is 9.04. The van der Waals surface area contributed by atoms with Crippen LogP contribution in [0.3, 0.4) is 0 Å². The van der Waals surface area contributed by atoms with Crippen LogP contribution in [-0.2, 0) is 9.59 Å². The minimum absolute atomic E-state index is 0.0538. The number of carboxylic acids is 1. The summed E-state index contributed by atoms with van der Waals surface area (Å²) < 4.78 is 0. The van der Waals surface area contributed by atoms with Gasteiger partial charge in [0.25, 0.3) is 0 Å². The molecule has 0 spiro atoms. The van der Waals surface area contributed by atoms with Crippen LogP contribution in [-0.4, -0.2) is 40.5 Å². The highest BCUT2D eigenvalue weighted by atomic mass is 16.4. The van der Waals surface area contributed by atoms with Crippen molar-refractivity contribution in [1.82, 2.24) is 10.2 Å². The molecule has 0 saturated heterocycles. The molecule has 6 heteroatoms. The number of hydrogen-bond acceptors (Lipinski definition) is 3. The lowest BCUT2D eigenvalue weighted by molar-refractivity contribution is -0.137. The Kier molecular flexibility index (Phi) is 6.32. The molecule has 3 amide bonds. The Morgan fingerprint density at radius 3 is 2.37 bits per heavy atom. The van der Waals surface area contributed by atoms with E-state index in [1.54, 1.807) is 4.90 Å². The van der Waals surface area contributed by atoms with Crippen molar-refractivity contribution in [2.75, 3.05) is 6.54 Å². The van der Waals surface area contributed by atoms with E-state index in [1.165, 1.54) is 0 Å². The highest BCUT2D eigenvalue weighted by Crippen LogP contribution is 2.23. The van der Waals surface area contributed by atoms with Crippen molar-refractivity contribution in [3.8, 4) is 0 Å². The molecule has 0 aromatic heterocycles. The Bertz CT molecular complexity index is 338. The lowest BCUT2D eigenvalue weighted by Crippen LogP contribution is -2.47. The highest BCUT2D eigenvalue weighted by Gasteiger charge is 2.26. The summed E-state index contributed by atoms with van der Waals surface area (Å²) >= 11 is 0. The number of rotatable bonds is 6. The van der Waals surface area contributed by atoms with E-state index in [-0.39, 0.29) is 31.3 Å². The zero-order valence-corrected chi connectivity index (χ0v) is 11.4. The van der Waals surface area contributed by atoms with Gasteiger partial charge in [-0.05, 0) is 26.2 Å². The standard InChI is InChI=1S/C13H22N2O4/c1-2-15(10-6-3-4-7-10)13(19)14-11(16)8-5-9-12(17)18/h10H,2-9H2,1H3,(H,17,18)(H,14,16,19). The first-order valence-corrected chi connectivity index (χ1v) is 6.86. The largest absolute Gasteiger partial charge is 0.481 e. The molecule has 1 aliphatic rings. The van der Waals surface area contributed by atoms with Gasteiger partial charge in [-0.3, -0.25) is 14.9 Å². The molecule has 1 saturated carbocycles. The molecule has 0 bridgehead atoms. The Labute approximate surface area is 113 Å². The van der Waals surface area contributed by atoms with Gasteiger partial charge in [-0.1, -0.05) is 12.8 Å². The summed E-state index contributed by atoms with van der Waals surface area (Å²) in [5, 5.41) is 10.8. The maximum Gasteiger partial charge on any atom is 0.324 e. The number of aliphatic carboxylic acids is 1. The summed E-state index contributed by atoms with van der Waals surface area (Å²) in [4.78, 5) is 35.5. The number of carboxylic acid groups (broad SMARTS) is 1. The van der Waals surface area contributed by atoms with E-state index in [1.807, 2.05) is 6.92 Å². The van der Waals surface area contributed by atoms with E-state index in [0.29, 0.717) is 6.54 Å². The summed E-state index contributed by atoms with van der Waals surface area (Å²) in [6.45, 7) is 2.48. The van der Waals surface area contributed by atoms with Gasteiger partial charge in [0.1, 0.15) is 0 Å². The summed E-state index contributed by atoms with van der Waals surface area (Å²) in [5.41, 5.74) is 0. The van der Waals surface area contributed by atoms with E-state index in [4.69, 9.17) is 5.11 Å². The van der Waals surface area contributed by atoms with Crippen molar-refractivity contribution >= 4 is 17.9 Å². The van der Waals surface area contributed by atoms with Crippen LogP contribution < -0.4 is 5.32 Å². The second-order valence-corrected chi connectivity index (χ2v) is 4.82. The molecule has 0 heterocycles. The highest BCUT2D eigenvalue weighted by molar-refractivity contribution is 5.94. The second kappa shape index (κ2) is 7.76. The SMILES string of the molecule is CCN(C(=O)NC(=O)CCCC(=O)O)C1CCCC1. The smallest absolute Gasteiger partial charge is 0.324 e. The van der Waals surface area contributed by atoms with Crippen LogP contribution in [0.1, 0.15) is 51.9 Å². The normalized spacial score (nSPS) is 15.2. The van der Waals surface area contributed by atoms with Gasteiger partial charge < -0.3 is 10.0 Å². The van der Waals surface area contributed by atoms with E-state index >= 15 is 0 Å². The lowest BCUT2D eigenvalue weighted by Gasteiger charge is -2.27. The van der Waals surface area contributed by atoms with Crippen LogP contribution in [0, 0.1) is 0 Å². The average Bonchev–Trinajstić information content (AvgIpc) is 2.82. The minimum atomic E-state index is -0.930. The summed E-state index contributed by atoms with van der Waals surface area (Å²) in [6.07, 6.45) is 4.51. The number of amides is 3. The molecular formula is C13H22N2O4. The molecule has 1 rings (SSSR count). The van der Waals surface area contributed by atoms with Crippen molar-refractivity contribution in [2.24, 2.45) is 0 Å². The summed E-state index contributed by atoms with van der Waals surface area (Å²) in [7, 11) is 0. The van der Waals surface area contributed by atoms with Crippen LogP contribution in [0.5, 0.6) is 0 Å². The van der Waals surface area contributed by atoms with Gasteiger partial charge in [0, 0.05) is 25.4 Å². The molecule has 1 aliphatic carbocycles. The van der Waals surface area contributed by atoms with E-state index < -0.39 is 11.9 Å². The molecule has 0 unspecified atom stereocenters. The average molecular weight is 270 g/mol. The van der Waals surface area contributed by atoms with Crippen molar-refractivity contribution in [2.45, 2.75) is 57.9 Å². The molecular weight excluding hydrogens is 248 g/mol.